The summed E-state index contributed by atoms with van der Waals surface area (Å²) in [5.74, 6) is 2.09. The molecule has 188 valence electrons. The summed E-state index contributed by atoms with van der Waals surface area (Å²) in [6.07, 6.45) is 4.12. The van der Waals surface area contributed by atoms with E-state index in [9.17, 15) is 4.79 Å². The number of nitrogens with one attached hydrogen (secondary N) is 1. The molecule has 0 unspecified atom stereocenters. The van der Waals surface area contributed by atoms with Crippen molar-refractivity contribution in [1.82, 2.24) is 14.9 Å². The SMILES string of the molecule is Cc1ccc(OCCCCn2c(CCCNC(=O)Cc3ccccc3C)nc3ccccc32)cc1C. The molecular weight excluding hydrogens is 446 g/mol. The molecule has 0 radical (unpaired) electrons. The van der Waals surface area contributed by atoms with Crippen LogP contribution < -0.4 is 10.1 Å². The molecule has 1 aromatic heterocycles. The van der Waals surface area contributed by atoms with Crippen molar-refractivity contribution in [3.63, 3.8) is 0 Å². The smallest absolute Gasteiger partial charge is 0.224 e. The molecule has 1 heterocycles. The van der Waals surface area contributed by atoms with Gasteiger partial charge >= 0.3 is 0 Å². The maximum atomic E-state index is 12.4. The van der Waals surface area contributed by atoms with Crippen LogP contribution in [0.4, 0.5) is 0 Å². The minimum absolute atomic E-state index is 0.0709. The predicted molar refractivity (Wildman–Crippen MR) is 147 cm³/mol. The summed E-state index contributed by atoms with van der Waals surface area (Å²) in [5.41, 5.74) is 6.98. The first-order chi connectivity index (χ1) is 17.5. The molecule has 36 heavy (non-hydrogen) atoms. The second-order valence-electron chi connectivity index (χ2n) is 9.53. The Bertz CT molecular complexity index is 1310. The number of fused-ring (bicyclic) bond motifs is 1. The van der Waals surface area contributed by atoms with E-state index in [0.29, 0.717) is 19.6 Å². The van der Waals surface area contributed by atoms with Gasteiger partial charge in [0.1, 0.15) is 11.6 Å². The number of amides is 1. The van der Waals surface area contributed by atoms with Gasteiger partial charge in [-0.25, -0.2) is 4.98 Å². The molecule has 0 atom stereocenters. The minimum Gasteiger partial charge on any atom is -0.494 e. The molecule has 0 bridgehead atoms. The summed E-state index contributed by atoms with van der Waals surface area (Å²) in [5, 5.41) is 3.07. The van der Waals surface area contributed by atoms with Crippen molar-refractivity contribution in [2.75, 3.05) is 13.2 Å². The molecule has 0 saturated carbocycles. The van der Waals surface area contributed by atoms with E-state index in [1.54, 1.807) is 0 Å². The van der Waals surface area contributed by atoms with Gasteiger partial charge in [-0.3, -0.25) is 4.79 Å². The molecule has 5 heteroatoms. The van der Waals surface area contributed by atoms with Gasteiger partial charge in [-0.15, -0.1) is 0 Å². The Hall–Kier alpha value is -3.60. The second-order valence-corrected chi connectivity index (χ2v) is 9.53. The van der Waals surface area contributed by atoms with E-state index in [0.717, 1.165) is 60.4 Å². The second kappa shape index (κ2) is 12.4. The fourth-order valence-corrected chi connectivity index (χ4v) is 4.45. The monoisotopic (exact) mass is 483 g/mol. The highest BCUT2D eigenvalue weighted by Gasteiger charge is 2.11. The molecule has 0 saturated heterocycles. The quantitative estimate of drug-likeness (QED) is 0.247. The average Bonchev–Trinajstić information content (AvgIpc) is 3.22. The Labute approximate surface area is 214 Å². The summed E-state index contributed by atoms with van der Waals surface area (Å²) in [6, 6.07) is 22.6. The number of para-hydroxylation sites is 2. The van der Waals surface area contributed by atoms with Crippen LogP contribution in [0.15, 0.2) is 66.7 Å². The molecule has 4 aromatic rings. The van der Waals surface area contributed by atoms with Gasteiger partial charge in [0.05, 0.1) is 24.1 Å². The molecule has 4 rings (SSSR count). The maximum absolute atomic E-state index is 12.4. The van der Waals surface area contributed by atoms with Crippen LogP contribution in [0.2, 0.25) is 0 Å². The molecule has 0 spiro atoms. The zero-order chi connectivity index (χ0) is 25.3. The molecule has 0 aliphatic heterocycles. The van der Waals surface area contributed by atoms with Gasteiger partial charge < -0.3 is 14.6 Å². The van der Waals surface area contributed by atoms with E-state index >= 15 is 0 Å². The van der Waals surface area contributed by atoms with Crippen molar-refractivity contribution in [3.05, 3.63) is 94.8 Å². The third-order valence-electron chi connectivity index (χ3n) is 6.77. The lowest BCUT2D eigenvalue weighted by molar-refractivity contribution is -0.120. The van der Waals surface area contributed by atoms with Crippen LogP contribution in [0.1, 0.15) is 47.3 Å². The van der Waals surface area contributed by atoms with Crippen molar-refractivity contribution in [3.8, 4) is 5.75 Å². The molecule has 0 aliphatic carbocycles. The van der Waals surface area contributed by atoms with Crippen LogP contribution in [0.5, 0.6) is 5.75 Å². The highest BCUT2D eigenvalue weighted by molar-refractivity contribution is 5.79. The van der Waals surface area contributed by atoms with E-state index in [4.69, 9.17) is 9.72 Å². The van der Waals surface area contributed by atoms with E-state index in [2.05, 4.69) is 54.1 Å². The van der Waals surface area contributed by atoms with E-state index < -0.39 is 0 Å². The van der Waals surface area contributed by atoms with Gasteiger partial charge in [-0.1, -0.05) is 42.5 Å². The first-order valence-corrected chi connectivity index (χ1v) is 13.0. The van der Waals surface area contributed by atoms with Gasteiger partial charge in [-0.05, 0) is 86.6 Å². The van der Waals surface area contributed by atoms with Gasteiger partial charge in [0, 0.05) is 19.5 Å². The van der Waals surface area contributed by atoms with Gasteiger partial charge in [0.15, 0.2) is 0 Å². The van der Waals surface area contributed by atoms with Crippen molar-refractivity contribution < 1.29 is 9.53 Å². The van der Waals surface area contributed by atoms with Crippen LogP contribution >= 0.6 is 0 Å². The van der Waals surface area contributed by atoms with Gasteiger partial charge in [0.2, 0.25) is 5.91 Å². The highest BCUT2D eigenvalue weighted by Crippen LogP contribution is 2.19. The Morgan fingerprint density at radius 2 is 1.69 bits per heavy atom. The van der Waals surface area contributed by atoms with Crippen molar-refractivity contribution in [1.29, 1.82) is 0 Å². The van der Waals surface area contributed by atoms with Crippen LogP contribution in [0.25, 0.3) is 11.0 Å². The summed E-state index contributed by atoms with van der Waals surface area (Å²) >= 11 is 0. The first kappa shape index (κ1) is 25.5. The van der Waals surface area contributed by atoms with Crippen molar-refractivity contribution in [2.45, 2.75) is 59.4 Å². The maximum Gasteiger partial charge on any atom is 0.224 e. The summed E-state index contributed by atoms with van der Waals surface area (Å²) in [6.45, 7) is 8.54. The molecule has 0 aliphatic rings. The zero-order valence-electron chi connectivity index (χ0n) is 21.7. The largest absolute Gasteiger partial charge is 0.494 e. The van der Waals surface area contributed by atoms with Gasteiger partial charge in [-0.2, -0.15) is 0 Å². The van der Waals surface area contributed by atoms with E-state index in [1.165, 1.54) is 16.6 Å². The number of rotatable bonds is 12. The van der Waals surface area contributed by atoms with Crippen LogP contribution in [0.3, 0.4) is 0 Å². The van der Waals surface area contributed by atoms with Crippen LogP contribution in [-0.2, 0) is 24.2 Å². The fourth-order valence-electron chi connectivity index (χ4n) is 4.45. The van der Waals surface area contributed by atoms with Crippen LogP contribution in [0, 0.1) is 20.8 Å². The van der Waals surface area contributed by atoms with Gasteiger partial charge in [0.25, 0.3) is 0 Å². The molecule has 0 fully saturated rings. The minimum atomic E-state index is 0.0709. The number of carbonyl (C=O) groups is 1. The van der Waals surface area contributed by atoms with Crippen molar-refractivity contribution in [2.24, 2.45) is 0 Å². The molecule has 3 aromatic carbocycles. The topological polar surface area (TPSA) is 56.1 Å². The van der Waals surface area contributed by atoms with Crippen molar-refractivity contribution >= 4 is 16.9 Å². The number of aryl methyl sites for hydroxylation is 5. The fraction of sp³-hybridized carbons (Fsp3) is 0.355. The number of aromatic nitrogens is 2. The van der Waals surface area contributed by atoms with E-state index in [-0.39, 0.29) is 5.91 Å². The Morgan fingerprint density at radius 1 is 0.889 bits per heavy atom. The summed E-state index contributed by atoms with van der Waals surface area (Å²) < 4.78 is 8.30. The summed E-state index contributed by atoms with van der Waals surface area (Å²) in [4.78, 5) is 17.3. The number of unbranched alkanes of at least 4 members (excludes halogenated alkanes) is 1. The third-order valence-corrected chi connectivity index (χ3v) is 6.77. The Balaban J connectivity index is 1.26. The Morgan fingerprint density at radius 3 is 2.53 bits per heavy atom. The molecule has 1 N–H and O–H groups in total. The summed E-state index contributed by atoms with van der Waals surface area (Å²) in [7, 11) is 0. The number of ether oxygens (including phenoxy) is 1. The zero-order valence-corrected chi connectivity index (χ0v) is 21.7. The Kier molecular flexibility index (Phi) is 8.77. The number of hydrogen-bond acceptors (Lipinski definition) is 3. The lowest BCUT2D eigenvalue weighted by Gasteiger charge is -2.11. The third kappa shape index (κ3) is 6.75. The average molecular weight is 484 g/mol. The first-order valence-electron chi connectivity index (χ1n) is 13.0. The van der Waals surface area contributed by atoms with Crippen LogP contribution in [-0.4, -0.2) is 28.6 Å². The standard InChI is InChI=1S/C31H37N3O2/c1-23-16-17-27(21-25(23)3)36-20-9-8-19-34-29-14-7-6-13-28(29)33-30(34)15-10-18-32-31(35)22-26-12-5-4-11-24(26)2/h4-7,11-14,16-17,21H,8-10,15,18-20,22H2,1-3H3,(H,32,35). The number of benzene rings is 3. The molecule has 5 nitrogen and oxygen atoms in total. The lowest BCUT2D eigenvalue weighted by atomic mass is 10.1. The van der Waals surface area contributed by atoms with E-state index in [1.807, 2.05) is 43.3 Å². The molecular formula is C31H37N3O2. The number of imidazole rings is 1. The lowest BCUT2D eigenvalue weighted by Crippen LogP contribution is -2.26. The normalized spacial score (nSPS) is 11.1. The number of carbonyl (C=O) groups excluding carboxylic acids is 1. The molecule has 1 amide bonds. The number of hydrogen-bond donors (Lipinski definition) is 1. The number of nitrogens with zero attached hydrogens (tertiary/aromatic N) is 2. The highest BCUT2D eigenvalue weighted by atomic mass is 16.5. The predicted octanol–water partition coefficient (Wildman–Crippen LogP) is 6.11.